The van der Waals surface area contributed by atoms with E-state index in [1.807, 2.05) is 13.1 Å². The zero-order valence-corrected chi connectivity index (χ0v) is 25.8. The van der Waals surface area contributed by atoms with Gasteiger partial charge in [0.15, 0.2) is 0 Å². The number of esters is 2. The molecule has 0 radical (unpaired) electrons. The lowest BCUT2D eigenvalue weighted by Gasteiger charge is -2.22. The van der Waals surface area contributed by atoms with Crippen LogP contribution >= 0.6 is 0 Å². The highest BCUT2D eigenvalue weighted by atomic mass is 28.4. The standard InChI is InChI=1S/C11H22N2O5Si.C6H11NO2.C5H11NO3Si/c1-9(2)10(14)18-7-6-12-11(15)13-8-19(5,16-3)17-4;1-5(2)6(8)9-4-3-7;1-8-10(3,9-2)5-6-4-7/h1,6-8H2,2-5H3,(H2,12,13,15);1,3-4,7H2,2H3;5H2,1-3H3. The van der Waals surface area contributed by atoms with Gasteiger partial charge in [-0.15, -0.1) is 0 Å². The highest BCUT2D eigenvalue weighted by Crippen LogP contribution is 2.03. The van der Waals surface area contributed by atoms with E-state index in [2.05, 4.69) is 33.5 Å². The summed E-state index contributed by atoms with van der Waals surface area (Å²) in [5.74, 6) is -0.846. The molecule has 220 valence electrons. The van der Waals surface area contributed by atoms with Gasteiger partial charge in [-0.1, -0.05) is 13.2 Å². The number of amides is 2. The molecule has 0 saturated carbocycles. The van der Waals surface area contributed by atoms with E-state index < -0.39 is 23.1 Å². The van der Waals surface area contributed by atoms with Crippen LogP contribution in [0.3, 0.4) is 0 Å². The number of aliphatic imine (C=N–C) groups is 1. The lowest BCUT2D eigenvalue weighted by Crippen LogP contribution is -2.51. The molecule has 0 aromatic rings. The van der Waals surface area contributed by atoms with Crippen molar-refractivity contribution in [3.63, 3.8) is 0 Å². The fourth-order valence-electron chi connectivity index (χ4n) is 1.63. The van der Waals surface area contributed by atoms with Crippen molar-refractivity contribution in [2.45, 2.75) is 26.9 Å². The quantitative estimate of drug-likeness (QED) is 0.0615. The van der Waals surface area contributed by atoms with Gasteiger partial charge in [-0.25, -0.2) is 24.2 Å². The van der Waals surface area contributed by atoms with Crippen molar-refractivity contribution in [1.82, 2.24) is 10.6 Å². The third-order valence-electron chi connectivity index (χ3n) is 4.40. The summed E-state index contributed by atoms with van der Waals surface area (Å²) >= 11 is 0. The van der Waals surface area contributed by atoms with Crippen LogP contribution in [0.5, 0.6) is 0 Å². The molecular formula is C22H44N4O10Si2. The third-order valence-corrected chi connectivity index (χ3v) is 9.40. The Bertz CT molecular complexity index is 784. The smallest absolute Gasteiger partial charge is 0.357 e. The van der Waals surface area contributed by atoms with E-state index in [0.29, 0.717) is 30.0 Å². The van der Waals surface area contributed by atoms with Gasteiger partial charge >= 0.3 is 35.1 Å². The number of hydrogen-bond donors (Lipinski definition) is 3. The summed E-state index contributed by atoms with van der Waals surface area (Å²) in [5.41, 5.74) is 5.80. The molecule has 0 aliphatic rings. The van der Waals surface area contributed by atoms with Crippen LogP contribution in [0.4, 0.5) is 4.79 Å². The highest BCUT2D eigenvalue weighted by molar-refractivity contribution is 6.66. The Labute approximate surface area is 227 Å². The first-order valence-corrected chi connectivity index (χ1v) is 16.4. The molecule has 38 heavy (non-hydrogen) atoms. The number of carbonyl (C=O) groups is 3. The molecule has 0 aromatic heterocycles. The zero-order valence-electron chi connectivity index (χ0n) is 23.8. The number of ether oxygens (including phenoxy) is 2. The number of carbonyl (C=O) groups excluding carboxylic acids is 4. The Morgan fingerprint density at radius 3 is 1.66 bits per heavy atom. The van der Waals surface area contributed by atoms with Crippen LogP contribution in [0.25, 0.3) is 0 Å². The van der Waals surface area contributed by atoms with Crippen LogP contribution in [0.2, 0.25) is 13.1 Å². The first-order chi connectivity index (χ1) is 17.7. The number of rotatable bonds is 15. The number of hydrogen-bond acceptors (Lipinski definition) is 12. The van der Waals surface area contributed by atoms with Gasteiger partial charge in [-0.2, -0.15) is 0 Å². The van der Waals surface area contributed by atoms with E-state index in [0.717, 1.165) is 0 Å². The molecular weight excluding hydrogens is 536 g/mol. The summed E-state index contributed by atoms with van der Waals surface area (Å²) in [7, 11) is 1.74. The van der Waals surface area contributed by atoms with Crippen LogP contribution < -0.4 is 16.4 Å². The third kappa shape index (κ3) is 22.5. The molecule has 0 unspecified atom stereocenters. The van der Waals surface area contributed by atoms with Crippen molar-refractivity contribution in [1.29, 1.82) is 0 Å². The van der Waals surface area contributed by atoms with Gasteiger partial charge < -0.3 is 43.5 Å². The topological polar surface area (TPSA) is 186 Å². The van der Waals surface area contributed by atoms with Gasteiger partial charge in [0, 0.05) is 46.1 Å². The minimum atomic E-state index is -2.31. The highest BCUT2D eigenvalue weighted by Gasteiger charge is 2.29. The van der Waals surface area contributed by atoms with Crippen molar-refractivity contribution >= 4 is 41.2 Å². The van der Waals surface area contributed by atoms with E-state index in [4.69, 9.17) is 28.2 Å². The molecule has 16 heteroatoms. The van der Waals surface area contributed by atoms with Crippen LogP contribution in [0.1, 0.15) is 13.8 Å². The Morgan fingerprint density at radius 2 is 1.29 bits per heavy atom. The van der Waals surface area contributed by atoms with Gasteiger partial charge in [0.2, 0.25) is 6.08 Å². The second kappa shape index (κ2) is 23.4. The fourth-order valence-corrected chi connectivity index (χ4v) is 3.34. The molecule has 0 saturated heterocycles. The molecule has 0 rings (SSSR count). The average Bonchev–Trinajstić information content (AvgIpc) is 2.91. The van der Waals surface area contributed by atoms with Crippen molar-refractivity contribution in [2.24, 2.45) is 10.7 Å². The summed E-state index contributed by atoms with van der Waals surface area (Å²) in [6, 6.07) is -0.362. The molecule has 2 amide bonds. The molecule has 0 bridgehead atoms. The predicted molar refractivity (Wildman–Crippen MR) is 146 cm³/mol. The summed E-state index contributed by atoms with van der Waals surface area (Å²) < 4.78 is 29.9. The molecule has 14 nitrogen and oxygen atoms in total. The van der Waals surface area contributed by atoms with Crippen LogP contribution in [-0.4, -0.2) is 108 Å². The summed E-state index contributed by atoms with van der Waals surface area (Å²) in [6.07, 6.45) is 2.08. The molecule has 0 aromatic carbocycles. The van der Waals surface area contributed by atoms with Gasteiger partial charge in [0.1, 0.15) is 13.2 Å². The van der Waals surface area contributed by atoms with Crippen LogP contribution in [0, 0.1) is 0 Å². The van der Waals surface area contributed by atoms with Gasteiger partial charge in [-0.3, -0.25) is 0 Å². The van der Waals surface area contributed by atoms with Gasteiger partial charge in [-0.05, 0) is 26.9 Å². The Morgan fingerprint density at radius 1 is 0.842 bits per heavy atom. The Balaban J connectivity index is -0.000000541. The molecule has 0 spiro atoms. The Kier molecular flexibility index (Phi) is 24.5. The van der Waals surface area contributed by atoms with Crippen molar-refractivity contribution < 1.29 is 46.4 Å². The monoisotopic (exact) mass is 580 g/mol. The van der Waals surface area contributed by atoms with Crippen molar-refractivity contribution in [3.8, 4) is 0 Å². The summed E-state index contributed by atoms with van der Waals surface area (Å²) in [4.78, 5) is 46.1. The lowest BCUT2D eigenvalue weighted by atomic mass is 10.4. The maximum Gasteiger partial charge on any atom is 0.357 e. The maximum absolute atomic E-state index is 11.4. The molecule has 0 aliphatic carbocycles. The van der Waals surface area contributed by atoms with Gasteiger partial charge in [0.05, 0.1) is 18.9 Å². The Hall–Kier alpha value is -2.70. The average molecular weight is 581 g/mol. The predicted octanol–water partition coefficient (Wildman–Crippen LogP) is 0.600. The largest absolute Gasteiger partial charge is 0.461 e. The number of urea groups is 1. The molecule has 0 fully saturated rings. The summed E-state index contributed by atoms with van der Waals surface area (Å²) in [5, 5.41) is 5.19. The molecule has 0 heterocycles. The molecule has 4 N–H and O–H groups in total. The second-order valence-electron chi connectivity index (χ2n) is 7.72. The maximum atomic E-state index is 11.4. The van der Waals surface area contributed by atoms with Gasteiger partial charge in [0.25, 0.3) is 0 Å². The lowest BCUT2D eigenvalue weighted by molar-refractivity contribution is -0.139. The normalized spacial score (nSPS) is 10.2. The van der Waals surface area contributed by atoms with Crippen molar-refractivity contribution in [2.75, 3.05) is 67.1 Å². The fraction of sp³-hybridized carbons (Fsp3) is 0.636. The SMILES string of the molecule is C=C(C)C(=O)OCCN.C=C(C)C(=O)OCCNC(=O)NC[Si](C)(OC)OC.CO[Si](C)(CN=C=O)OC. The molecule has 0 atom stereocenters. The minimum absolute atomic E-state index is 0.0996. The summed E-state index contributed by atoms with van der Waals surface area (Å²) in [6.45, 7) is 14.6. The first kappa shape index (κ1) is 39.8. The van der Waals surface area contributed by atoms with E-state index in [-0.39, 0.29) is 31.8 Å². The number of nitrogens with zero attached hydrogens (tertiary/aromatic N) is 1. The first-order valence-electron chi connectivity index (χ1n) is 11.3. The van der Waals surface area contributed by atoms with E-state index in [9.17, 15) is 19.2 Å². The van der Waals surface area contributed by atoms with Crippen molar-refractivity contribution in [3.05, 3.63) is 24.3 Å². The number of nitrogens with two attached hydrogens (primary N) is 1. The number of nitrogens with one attached hydrogen (secondary N) is 2. The molecule has 0 aliphatic heterocycles. The van der Waals surface area contributed by atoms with E-state index in [1.165, 1.54) is 6.08 Å². The minimum Gasteiger partial charge on any atom is -0.461 e. The van der Waals surface area contributed by atoms with Crippen LogP contribution in [0.15, 0.2) is 29.3 Å². The number of isocyanates is 1. The zero-order chi connectivity index (χ0) is 30.2. The van der Waals surface area contributed by atoms with Crippen LogP contribution in [-0.2, 0) is 41.6 Å². The second-order valence-corrected chi connectivity index (χ2v) is 14.6. The van der Waals surface area contributed by atoms with E-state index in [1.54, 1.807) is 42.3 Å². The van der Waals surface area contributed by atoms with E-state index >= 15 is 0 Å².